The molecule has 0 saturated heterocycles. The lowest BCUT2D eigenvalue weighted by Gasteiger charge is -2.38. The molecule has 1 heterocycles. The number of hydrogen-bond donors (Lipinski definition) is 1. The van der Waals surface area contributed by atoms with Gasteiger partial charge in [0.2, 0.25) is 5.95 Å². The third kappa shape index (κ3) is 2.75. The van der Waals surface area contributed by atoms with Gasteiger partial charge in [-0.25, -0.2) is 9.97 Å². The van der Waals surface area contributed by atoms with E-state index in [2.05, 4.69) is 29.1 Å². The topological polar surface area (TPSA) is 81.0 Å². The highest BCUT2D eigenvalue weighted by molar-refractivity contribution is 5.32. The maximum atomic E-state index is 10.5. The fourth-order valence-corrected chi connectivity index (χ4v) is 2.41. The number of nitro groups is 1. The minimum Gasteiger partial charge on any atom is -0.351 e. The van der Waals surface area contributed by atoms with Crippen molar-refractivity contribution in [2.75, 3.05) is 5.32 Å². The number of nitrogens with zero attached hydrogens (tertiary/aromatic N) is 3. The number of hydrogen-bond acceptors (Lipinski definition) is 5. The Bertz CT molecular complexity index is 430. The zero-order chi connectivity index (χ0) is 13.2. The highest BCUT2D eigenvalue weighted by Gasteiger charge is 2.32. The van der Waals surface area contributed by atoms with E-state index in [9.17, 15) is 10.1 Å². The first-order valence-corrected chi connectivity index (χ1v) is 6.22. The molecule has 0 spiro atoms. The lowest BCUT2D eigenvalue weighted by atomic mass is 9.73. The molecular weight excluding hydrogens is 232 g/mol. The van der Waals surface area contributed by atoms with Gasteiger partial charge in [0.05, 0.1) is 4.92 Å². The summed E-state index contributed by atoms with van der Waals surface area (Å²) in [4.78, 5) is 18.0. The van der Waals surface area contributed by atoms with E-state index in [1.807, 2.05) is 0 Å². The lowest BCUT2D eigenvalue weighted by Crippen LogP contribution is -2.39. The van der Waals surface area contributed by atoms with Crippen molar-refractivity contribution in [1.82, 2.24) is 9.97 Å². The van der Waals surface area contributed by atoms with Crippen LogP contribution in [0.1, 0.15) is 39.5 Å². The van der Waals surface area contributed by atoms with E-state index in [-0.39, 0.29) is 11.1 Å². The van der Waals surface area contributed by atoms with Crippen molar-refractivity contribution in [3.8, 4) is 0 Å². The van der Waals surface area contributed by atoms with Crippen LogP contribution in [0.25, 0.3) is 0 Å². The summed E-state index contributed by atoms with van der Waals surface area (Å²) in [6.45, 7) is 4.46. The largest absolute Gasteiger partial charge is 0.351 e. The van der Waals surface area contributed by atoms with E-state index < -0.39 is 4.92 Å². The van der Waals surface area contributed by atoms with Gasteiger partial charge in [0, 0.05) is 6.04 Å². The molecule has 0 amide bonds. The molecule has 1 unspecified atom stereocenters. The second-order valence-corrected chi connectivity index (χ2v) is 5.45. The first-order valence-electron chi connectivity index (χ1n) is 6.22. The summed E-state index contributed by atoms with van der Waals surface area (Å²) in [6.07, 6.45) is 7.21. The van der Waals surface area contributed by atoms with Gasteiger partial charge in [-0.3, -0.25) is 10.1 Å². The Kier molecular flexibility index (Phi) is 3.45. The third-order valence-electron chi connectivity index (χ3n) is 3.66. The SMILES string of the molecule is CC1(C)CCCCC1Nc1ncc([N+](=O)[O-])cn1. The Labute approximate surface area is 106 Å². The van der Waals surface area contributed by atoms with Crippen LogP contribution < -0.4 is 5.32 Å². The molecule has 6 heteroatoms. The Hall–Kier alpha value is -1.72. The van der Waals surface area contributed by atoms with Crippen LogP contribution >= 0.6 is 0 Å². The number of anilines is 1. The molecule has 0 aromatic carbocycles. The maximum absolute atomic E-state index is 10.5. The van der Waals surface area contributed by atoms with Crippen molar-refractivity contribution in [3.63, 3.8) is 0 Å². The first-order chi connectivity index (χ1) is 8.49. The van der Waals surface area contributed by atoms with Crippen LogP contribution in [-0.4, -0.2) is 20.9 Å². The second kappa shape index (κ2) is 4.88. The summed E-state index contributed by atoms with van der Waals surface area (Å²) < 4.78 is 0. The van der Waals surface area contributed by atoms with Crippen molar-refractivity contribution < 1.29 is 4.92 Å². The van der Waals surface area contributed by atoms with Gasteiger partial charge in [0.15, 0.2) is 0 Å². The summed E-state index contributed by atoms with van der Waals surface area (Å²) in [5, 5.41) is 13.8. The molecule has 1 aliphatic carbocycles. The molecule has 1 aliphatic rings. The van der Waals surface area contributed by atoms with Crippen LogP contribution in [0.4, 0.5) is 11.6 Å². The second-order valence-electron chi connectivity index (χ2n) is 5.45. The van der Waals surface area contributed by atoms with Crippen LogP contribution in [0.15, 0.2) is 12.4 Å². The molecule has 2 rings (SSSR count). The summed E-state index contributed by atoms with van der Waals surface area (Å²) in [6, 6.07) is 0.327. The van der Waals surface area contributed by atoms with Gasteiger partial charge in [-0.15, -0.1) is 0 Å². The Morgan fingerprint density at radius 2 is 2.06 bits per heavy atom. The predicted molar refractivity (Wildman–Crippen MR) is 68.3 cm³/mol. The normalized spacial score (nSPS) is 22.4. The van der Waals surface area contributed by atoms with E-state index in [1.165, 1.54) is 31.7 Å². The molecule has 1 aromatic rings. The van der Waals surface area contributed by atoms with Crippen molar-refractivity contribution in [2.45, 2.75) is 45.6 Å². The minimum atomic E-state index is -0.492. The van der Waals surface area contributed by atoms with Gasteiger partial charge in [-0.2, -0.15) is 0 Å². The molecule has 18 heavy (non-hydrogen) atoms. The van der Waals surface area contributed by atoms with Gasteiger partial charge in [0.25, 0.3) is 0 Å². The minimum absolute atomic E-state index is 0.0801. The Morgan fingerprint density at radius 1 is 1.39 bits per heavy atom. The molecule has 0 radical (unpaired) electrons. The van der Waals surface area contributed by atoms with Crippen LogP contribution in [0.2, 0.25) is 0 Å². The molecule has 0 aliphatic heterocycles. The molecule has 1 fully saturated rings. The zero-order valence-corrected chi connectivity index (χ0v) is 10.7. The van der Waals surface area contributed by atoms with Crippen LogP contribution in [0.5, 0.6) is 0 Å². The Morgan fingerprint density at radius 3 is 2.61 bits per heavy atom. The maximum Gasteiger partial charge on any atom is 0.305 e. The standard InChI is InChI=1S/C12H18N4O2/c1-12(2)6-4-3-5-10(12)15-11-13-7-9(8-14-11)16(17)18/h7-8,10H,3-6H2,1-2H3,(H,13,14,15). The molecule has 1 saturated carbocycles. The van der Waals surface area contributed by atoms with Crippen LogP contribution in [0.3, 0.4) is 0 Å². The van der Waals surface area contributed by atoms with E-state index in [0.717, 1.165) is 6.42 Å². The third-order valence-corrected chi connectivity index (χ3v) is 3.66. The fraction of sp³-hybridized carbons (Fsp3) is 0.667. The van der Waals surface area contributed by atoms with E-state index in [1.54, 1.807) is 0 Å². The summed E-state index contributed by atoms with van der Waals surface area (Å²) in [5.74, 6) is 0.473. The van der Waals surface area contributed by atoms with Crippen molar-refractivity contribution in [1.29, 1.82) is 0 Å². The smallest absolute Gasteiger partial charge is 0.305 e. The monoisotopic (exact) mass is 250 g/mol. The van der Waals surface area contributed by atoms with Gasteiger partial charge in [0.1, 0.15) is 12.4 Å². The van der Waals surface area contributed by atoms with E-state index >= 15 is 0 Å². The molecule has 6 nitrogen and oxygen atoms in total. The number of aromatic nitrogens is 2. The van der Waals surface area contributed by atoms with E-state index in [4.69, 9.17) is 0 Å². The summed E-state index contributed by atoms with van der Waals surface area (Å²) in [7, 11) is 0. The molecule has 0 bridgehead atoms. The average Bonchev–Trinajstić information content (AvgIpc) is 2.32. The van der Waals surface area contributed by atoms with Crippen LogP contribution in [0, 0.1) is 15.5 Å². The predicted octanol–water partition coefficient (Wildman–Crippen LogP) is 2.77. The first kappa shape index (κ1) is 12.7. The molecule has 1 atom stereocenters. The zero-order valence-electron chi connectivity index (χ0n) is 10.7. The number of rotatable bonds is 3. The molecule has 1 aromatic heterocycles. The van der Waals surface area contributed by atoms with Gasteiger partial charge < -0.3 is 5.32 Å². The lowest BCUT2D eigenvalue weighted by molar-refractivity contribution is -0.385. The summed E-state index contributed by atoms with van der Waals surface area (Å²) in [5.41, 5.74) is 0.132. The highest BCUT2D eigenvalue weighted by atomic mass is 16.6. The Balaban J connectivity index is 2.06. The van der Waals surface area contributed by atoms with Crippen molar-refractivity contribution in [3.05, 3.63) is 22.5 Å². The average molecular weight is 250 g/mol. The van der Waals surface area contributed by atoms with Crippen molar-refractivity contribution >= 4 is 11.6 Å². The van der Waals surface area contributed by atoms with Gasteiger partial charge in [-0.1, -0.05) is 26.7 Å². The fourth-order valence-electron chi connectivity index (χ4n) is 2.41. The van der Waals surface area contributed by atoms with Gasteiger partial charge in [-0.05, 0) is 18.3 Å². The summed E-state index contributed by atoms with van der Waals surface area (Å²) >= 11 is 0. The number of nitrogens with one attached hydrogen (secondary N) is 1. The van der Waals surface area contributed by atoms with Crippen LogP contribution in [-0.2, 0) is 0 Å². The molecule has 1 N–H and O–H groups in total. The van der Waals surface area contributed by atoms with Gasteiger partial charge >= 0.3 is 5.69 Å². The van der Waals surface area contributed by atoms with E-state index in [0.29, 0.717) is 12.0 Å². The highest BCUT2D eigenvalue weighted by Crippen LogP contribution is 2.36. The molecular formula is C12H18N4O2. The quantitative estimate of drug-likeness (QED) is 0.659. The molecule has 98 valence electrons. The van der Waals surface area contributed by atoms with Crippen molar-refractivity contribution in [2.24, 2.45) is 5.41 Å².